The molecule has 2 N–H and O–H groups in total. The van der Waals surface area contributed by atoms with Gasteiger partial charge in [0.1, 0.15) is 6.54 Å². The molecule has 0 unspecified atom stereocenters. The number of H-pyrrole nitrogens is 1. The molecule has 120 valence electrons. The summed E-state index contributed by atoms with van der Waals surface area (Å²) in [7, 11) is -5.58. The van der Waals surface area contributed by atoms with E-state index in [1.807, 2.05) is 0 Å². The number of hydrogen-bond donors (Lipinski definition) is 1. The van der Waals surface area contributed by atoms with Crippen molar-refractivity contribution in [1.29, 1.82) is 0 Å². The third kappa shape index (κ3) is 3.20. The van der Waals surface area contributed by atoms with Crippen LogP contribution in [0.1, 0.15) is 5.69 Å². The minimum Gasteiger partial charge on any atom is -0.369 e. The summed E-state index contributed by atoms with van der Waals surface area (Å²) in [6.45, 7) is -1.15. The van der Waals surface area contributed by atoms with E-state index in [2.05, 4.69) is 10.2 Å². The Balaban J connectivity index is 2.43. The lowest BCUT2D eigenvalue weighted by Gasteiger charge is -2.23. The molecule has 7 nitrogen and oxygen atoms in total. The van der Waals surface area contributed by atoms with Crippen molar-refractivity contribution in [3.8, 4) is 0 Å². The Morgan fingerprint density at radius 1 is 1.27 bits per heavy atom. The molecule has 0 aliphatic carbocycles. The smallest absolute Gasteiger partial charge is 0.369 e. The van der Waals surface area contributed by atoms with Crippen molar-refractivity contribution in [3.05, 3.63) is 42.2 Å². The number of rotatable bonds is 5. The molecule has 11 heteroatoms. The minimum atomic E-state index is -5.58. The van der Waals surface area contributed by atoms with Crippen molar-refractivity contribution in [2.75, 3.05) is 4.31 Å². The zero-order valence-electron chi connectivity index (χ0n) is 11.0. The molecule has 0 aliphatic heterocycles. The van der Waals surface area contributed by atoms with Gasteiger partial charge in [0.2, 0.25) is 5.69 Å². The van der Waals surface area contributed by atoms with Gasteiger partial charge in [-0.2, -0.15) is 26.7 Å². The van der Waals surface area contributed by atoms with E-state index in [-0.39, 0.29) is 15.7 Å². The largest absolute Gasteiger partial charge is 0.516 e. The lowest BCUT2D eigenvalue weighted by Crippen LogP contribution is -2.40. The summed E-state index contributed by atoms with van der Waals surface area (Å²) in [6, 6.07) is 6.89. The van der Waals surface area contributed by atoms with Crippen LogP contribution in [0.2, 0.25) is 0 Å². The molecule has 1 heterocycles. The topological polar surface area (TPSA) is 89.6 Å². The van der Waals surface area contributed by atoms with Crippen LogP contribution in [0, 0.1) is 0 Å². The van der Waals surface area contributed by atoms with Crippen LogP contribution in [0.25, 0.3) is 0 Å². The summed E-state index contributed by atoms with van der Waals surface area (Å²) >= 11 is 0. The third-order valence-electron chi connectivity index (χ3n) is 2.70. The highest BCUT2D eigenvalue weighted by atomic mass is 32.2. The summed E-state index contributed by atoms with van der Waals surface area (Å²) in [5, 5.41) is 15.0. The number of anilines is 1. The molecule has 0 radical (unpaired) electrons. The molecule has 0 bridgehead atoms. The van der Waals surface area contributed by atoms with Gasteiger partial charge in [0.15, 0.2) is 12.9 Å². The van der Waals surface area contributed by atoms with Crippen LogP contribution < -0.4 is 9.40 Å². The van der Waals surface area contributed by atoms with Gasteiger partial charge in [0, 0.05) is 5.10 Å². The Kier molecular flexibility index (Phi) is 4.37. The average molecular weight is 337 g/mol. The Hall–Kier alpha value is -2.14. The first-order chi connectivity index (χ1) is 10.3. The third-order valence-corrected chi connectivity index (χ3v) is 4.20. The number of benzene rings is 1. The zero-order valence-corrected chi connectivity index (χ0v) is 11.8. The Labute approximate surface area is 123 Å². The van der Waals surface area contributed by atoms with E-state index in [0.717, 1.165) is 4.80 Å². The van der Waals surface area contributed by atoms with Gasteiger partial charge in [-0.15, -0.1) is 0 Å². The van der Waals surface area contributed by atoms with E-state index in [1.54, 1.807) is 6.07 Å². The van der Waals surface area contributed by atoms with Gasteiger partial charge < -0.3 is 5.11 Å². The quantitative estimate of drug-likeness (QED) is 0.860. The second-order valence-corrected chi connectivity index (χ2v) is 6.05. The molecule has 2 aromatic rings. The van der Waals surface area contributed by atoms with E-state index in [9.17, 15) is 21.6 Å². The fourth-order valence-electron chi connectivity index (χ4n) is 1.69. The number of aromatic nitrogens is 3. The first kappa shape index (κ1) is 16.2. The maximum absolute atomic E-state index is 12.8. The summed E-state index contributed by atoms with van der Waals surface area (Å²) in [5.74, 6) is 0. The number of nitrogens with zero attached hydrogens (tertiary/aromatic N) is 3. The predicted octanol–water partition coefficient (Wildman–Crippen LogP) is 0.503. The molecule has 2 rings (SSSR count). The van der Waals surface area contributed by atoms with E-state index in [4.69, 9.17) is 5.11 Å². The number of alkyl halides is 3. The van der Waals surface area contributed by atoms with Gasteiger partial charge in [0.25, 0.3) is 0 Å². The van der Waals surface area contributed by atoms with E-state index in [1.165, 1.54) is 30.5 Å². The second kappa shape index (κ2) is 5.93. The molecule has 1 aromatic carbocycles. The fourth-order valence-corrected chi connectivity index (χ4v) is 2.64. The van der Waals surface area contributed by atoms with Crippen LogP contribution >= 0.6 is 0 Å². The fraction of sp³-hybridized carbons (Fsp3) is 0.273. The van der Waals surface area contributed by atoms with Crippen LogP contribution in [0.4, 0.5) is 18.9 Å². The molecule has 0 fully saturated rings. The zero-order chi connectivity index (χ0) is 16.4. The molecular formula is C11H12F3N4O3S+. The maximum Gasteiger partial charge on any atom is 0.516 e. The second-order valence-electron chi connectivity index (χ2n) is 4.20. The number of aliphatic hydroxyl groups is 1. The van der Waals surface area contributed by atoms with Crippen molar-refractivity contribution in [3.63, 3.8) is 0 Å². The standard InChI is InChI=1S/C11H11F3N4O3S/c12-11(13,14)22(20,21)17(10-4-2-1-3-5-10)7-9-6-15-18(8-19)16-9/h1-6,19H,7-8H2/p+1. The summed E-state index contributed by atoms with van der Waals surface area (Å²) in [4.78, 5) is 0.943. The minimum absolute atomic E-state index is 0.0192. The lowest BCUT2D eigenvalue weighted by atomic mass is 10.3. The van der Waals surface area contributed by atoms with Gasteiger partial charge >= 0.3 is 15.5 Å². The van der Waals surface area contributed by atoms with Gasteiger partial charge in [-0.1, -0.05) is 18.2 Å². The first-order valence-electron chi connectivity index (χ1n) is 5.95. The van der Waals surface area contributed by atoms with E-state index >= 15 is 0 Å². The van der Waals surface area contributed by atoms with Crippen LogP contribution in [0.5, 0.6) is 0 Å². The summed E-state index contributed by atoms with van der Waals surface area (Å²) in [5.41, 5.74) is -5.56. The van der Waals surface area contributed by atoms with Crippen molar-refractivity contribution in [1.82, 2.24) is 9.90 Å². The molecule has 0 saturated heterocycles. The number of halogens is 3. The number of nitrogens with one attached hydrogen (secondary N) is 1. The summed E-state index contributed by atoms with van der Waals surface area (Å²) < 4.78 is 62.2. The molecular weight excluding hydrogens is 325 g/mol. The number of para-hydroxylation sites is 1. The molecule has 0 saturated carbocycles. The van der Waals surface area contributed by atoms with Crippen molar-refractivity contribution in [2.24, 2.45) is 0 Å². The summed E-state index contributed by atoms with van der Waals surface area (Å²) in [6.07, 6.45) is 1.21. The SMILES string of the molecule is O=S(=O)(N(Cc1c[nH+]n(CO)n1)c1ccccc1)C(F)(F)F. The van der Waals surface area contributed by atoms with Gasteiger partial charge in [-0.3, -0.25) is 4.31 Å². The highest BCUT2D eigenvalue weighted by Crippen LogP contribution is 2.31. The molecule has 22 heavy (non-hydrogen) atoms. The highest BCUT2D eigenvalue weighted by molar-refractivity contribution is 7.93. The van der Waals surface area contributed by atoms with Crippen LogP contribution in [0.3, 0.4) is 0 Å². The average Bonchev–Trinajstić information content (AvgIpc) is 2.92. The molecule has 0 aliphatic rings. The van der Waals surface area contributed by atoms with E-state index < -0.39 is 28.8 Å². The molecule has 0 spiro atoms. The van der Waals surface area contributed by atoms with Crippen LogP contribution in [-0.4, -0.2) is 28.9 Å². The lowest BCUT2D eigenvalue weighted by molar-refractivity contribution is -0.505. The molecule has 1 aromatic heterocycles. The van der Waals surface area contributed by atoms with Gasteiger partial charge in [0.05, 0.1) is 5.69 Å². The molecule has 0 amide bonds. The first-order valence-corrected chi connectivity index (χ1v) is 7.39. The van der Waals surface area contributed by atoms with Crippen LogP contribution in [-0.2, 0) is 23.3 Å². The number of hydrogen-bond acceptors (Lipinski definition) is 4. The van der Waals surface area contributed by atoms with E-state index in [0.29, 0.717) is 0 Å². The van der Waals surface area contributed by atoms with Crippen molar-refractivity contribution >= 4 is 15.7 Å². The van der Waals surface area contributed by atoms with Gasteiger partial charge in [-0.05, 0) is 16.9 Å². The normalized spacial score (nSPS) is 12.4. The molecule has 0 atom stereocenters. The van der Waals surface area contributed by atoms with Crippen molar-refractivity contribution < 1.29 is 31.8 Å². The Morgan fingerprint density at radius 3 is 2.41 bits per heavy atom. The Morgan fingerprint density at radius 2 is 1.91 bits per heavy atom. The maximum atomic E-state index is 12.8. The monoisotopic (exact) mass is 337 g/mol. The highest BCUT2D eigenvalue weighted by Gasteiger charge is 2.50. The number of aromatic amines is 1. The van der Waals surface area contributed by atoms with Gasteiger partial charge in [-0.25, -0.2) is 0 Å². The van der Waals surface area contributed by atoms with Crippen molar-refractivity contribution in [2.45, 2.75) is 18.8 Å². The predicted molar refractivity (Wildman–Crippen MR) is 68.6 cm³/mol. The van der Waals surface area contributed by atoms with Crippen LogP contribution in [0.15, 0.2) is 36.5 Å². The number of sulfonamides is 1. The number of aliphatic hydroxyl groups excluding tert-OH is 1. The Bertz CT molecular complexity index is 731.